The summed E-state index contributed by atoms with van der Waals surface area (Å²) in [7, 11) is 5.34. The summed E-state index contributed by atoms with van der Waals surface area (Å²) in [4.78, 5) is 42.9. The van der Waals surface area contributed by atoms with Crippen LogP contribution in [0.15, 0.2) is 78.9 Å². The largest absolute Gasteiger partial charge is 0.347 e. The van der Waals surface area contributed by atoms with Crippen molar-refractivity contribution in [1.82, 2.24) is 15.1 Å². The maximum absolute atomic E-state index is 13.3. The van der Waals surface area contributed by atoms with E-state index in [0.29, 0.717) is 29.2 Å². The summed E-state index contributed by atoms with van der Waals surface area (Å²) >= 11 is 6.05. The van der Waals surface area contributed by atoms with Gasteiger partial charge in [-0.05, 0) is 48.5 Å². The van der Waals surface area contributed by atoms with Crippen molar-refractivity contribution in [3.8, 4) is 0 Å². The van der Waals surface area contributed by atoms with Gasteiger partial charge in [-0.3, -0.25) is 14.4 Å². The van der Waals surface area contributed by atoms with Gasteiger partial charge in [-0.1, -0.05) is 60.1 Å². The SMILES string of the molecule is CN1C[C@@H](C(=O)Nc2cccc(C(=O)N[C@@H](Cc3ccccc3)C(=O)N(C)C)c2)[C@H](c2ccc(Cl)cc2)C1. The maximum Gasteiger partial charge on any atom is 0.252 e. The molecule has 3 atom stereocenters. The maximum atomic E-state index is 13.3. The number of likely N-dealkylation sites (tertiary alicyclic amines) is 1. The standard InChI is InChI=1S/C30H33ClN4O3/c1-34(2)30(38)27(16-20-8-5-4-6-9-20)33-28(36)22-10-7-11-24(17-22)32-29(37)26-19-35(3)18-25(26)21-12-14-23(31)15-13-21/h4-15,17,25-27H,16,18-19H2,1-3H3,(H,32,37)(H,33,36)/t25-,26+,27-/m0/s1. The Morgan fingerprint density at radius 1 is 0.974 bits per heavy atom. The molecule has 0 aromatic heterocycles. The summed E-state index contributed by atoms with van der Waals surface area (Å²) in [6, 6.07) is 23.3. The van der Waals surface area contributed by atoms with E-state index in [0.717, 1.165) is 17.7 Å². The molecule has 1 saturated heterocycles. The number of nitrogens with one attached hydrogen (secondary N) is 2. The summed E-state index contributed by atoms with van der Waals surface area (Å²) in [6.07, 6.45) is 0.376. The van der Waals surface area contributed by atoms with Crippen LogP contribution in [-0.4, -0.2) is 67.8 Å². The van der Waals surface area contributed by atoms with Crippen molar-refractivity contribution in [2.24, 2.45) is 5.92 Å². The van der Waals surface area contributed by atoms with E-state index in [1.807, 2.05) is 61.6 Å². The molecule has 4 rings (SSSR count). The third kappa shape index (κ3) is 6.79. The Hall–Kier alpha value is -3.68. The van der Waals surface area contributed by atoms with Gasteiger partial charge < -0.3 is 20.4 Å². The second-order valence-electron chi connectivity index (χ2n) is 10.0. The van der Waals surface area contributed by atoms with E-state index < -0.39 is 6.04 Å². The molecule has 0 saturated carbocycles. The molecule has 1 aliphatic heterocycles. The average molecular weight is 533 g/mol. The van der Waals surface area contributed by atoms with Crippen LogP contribution in [0, 0.1) is 5.92 Å². The van der Waals surface area contributed by atoms with Crippen LogP contribution in [0.1, 0.15) is 27.4 Å². The number of halogens is 1. The predicted molar refractivity (Wildman–Crippen MR) is 150 cm³/mol. The van der Waals surface area contributed by atoms with Crippen LogP contribution in [-0.2, 0) is 16.0 Å². The van der Waals surface area contributed by atoms with Crippen LogP contribution in [0.25, 0.3) is 0 Å². The van der Waals surface area contributed by atoms with Gasteiger partial charge in [0.15, 0.2) is 0 Å². The molecule has 0 aliphatic carbocycles. The van der Waals surface area contributed by atoms with E-state index in [2.05, 4.69) is 15.5 Å². The van der Waals surface area contributed by atoms with Crippen molar-refractivity contribution in [1.29, 1.82) is 0 Å². The summed E-state index contributed by atoms with van der Waals surface area (Å²) < 4.78 is 0. The number of nitrogens with zero attached hydrogens (tertiary/aromatic N) is 2. The van der Waals surface area contributed by atoms with Crippen molar-refractivity contribution in [3.05, 3.63) is 101 Å². The minimum atomic E-state index is -0.715. The second kappa shape index (κ2) is 12.2. The fourth-order valence-corrected chi connectivity index (χ4v) is 5.02. The molecule has 0 spiro atoms. The van der Waals surface area contributed by atoms with Gasteiger partial charge >= 0.3 is 0 Å². The molecule has 8 heteroatoms. The second-order valence-corrected chi connectivity index (χ2v) is 10.4. The molecule has 3 aromatic carbocycles. The fourth-order valence-electron chi connectivity index (χ4n) is 4.89. The first-order chi connectivity index (χ1) is 18.2. The summed E-state index contributed by atoms with van der Waals surface area (Å²) in [5, 5.41) is 6.54. The third-order valence-corrected chi connectivity index (χ3v) is 7.11. The van der Waals surface area contributed by atoms with Crippen molar-refractivity contribution in [2.75, 3.05) is 39.5 Å². The molecular weight excluding hydrogens is 500 g/mol. The van der Waals surface area contributed by atoms with Gasteiger partial charge in [-0.15, -0.1) is 0 Å². The number of benzene rings is 3. The van der Waals surface area contributed by atoms with E-state index in [9.17, 15) is 14.4 Å². The number of anilines is 1. The molecule has 3 aromatic rings. The Morgan fingerprint density at radius 3 is 2.37 bits per heavy atom. The first kappa shape index (κ1) is 27.4. The number of hydrogen-bond acceptors (Lipinski definition) is 4. The average Bonchev–Trinajstić information content (AvgIpc) is 3.30. The van der Waals surface area contributed by atoms with Crippen LogP contribution in [0.4, 0.5) is 5.69 Å². The van der Waals surface area contributed by atoms with Crippen molar-refractivity contribution >= 4 is 35.0 Å². The Balaban J connectivity index is 1.46. The quantitative estimate of drug-likeness (QED) is 0.458. The number of amides is 3. The van der Waals surface area contributed by atoms with Crippen molar-refractivity contribution in [2.45, 2.75) is 18.4 Å². The first-order valence-electron chi connectivity index (χ1n) is 12.6. The number of rotatable bonds is 8. The van der Waals surface area contributed by atoms with E-state index >= 15 is 0 Å². The van der Waals surface area contributed by atoms with E-state index in [-0.39, 0.29) is 29.6 Å². The molecule has 3 amide bonds. The van der Waals surface area contributed by atoms with Gasteiger partial charge in [0, 0.05) is 55.8 Å². The summed E-state index contributed by atoms with van der Waals surface area (Å²) in [6.45, 7) is 1.40. The van der Waals surface area contributed by atoms with Crippen molar-refractivity contribution in [3.63, 3.8) is 0 Å². The number of likely N-dealkylation sites (N-methyl/N-ethyl adjacent to an activating group) is 2. The highest BCUT2D eigenvalue weighted by Gasteiger charge is 2.37. The molecular formula is C30H33ClN4O3. The Labute approximate surface area is 228 Å². The van der Waals surface area contributed by atoms with Gasteiger partial charge in [-0.25, -0.2) is 0 Å². The zero-order valence-corrected chi connectivity index (χ0v) is 22.6. The van der Waals surface area contributed by atoms with Gasteiger partial charge in [-0.2, -0.15) is 0 Å². The third-order valence-electron chi connectivity index (χ3n) is 6.86. The van der Waals surface area contributed by atoms with Crippen molar-refractivity contribution < 1.29 is 14.4 Å². The number of hydrogen-bond donors (Lipinski definition) is 2. The highest BCUT2D eigenvalue weighted by molar-refractivity contribution is 6.30. The lowest BCUT2D eigenvalue weighted by atomic mass is 9.88. The number of carbonyl (C=O) groups is 3. The smallest absolute Gasteiger partial charge is 0.252 e. The van der Waals surface area contributed by atoms with E-state index in [1.165, 1.54) is 4.90 Å². The normalized spacial score (nSPS) is 18.0. The molecule has 198 valence electrons. The summed E-state index contributed by atoms with van der Waals surface area (Å²) in [5.74, 6) is -0.870. The highest BCUT2D eigenvalue weighted by atomic mass is 35.5. The molecule has 1 heterocycles. The minimum absolute atomic E-state index is 0.0412. The zero-order valence-electron chi connectivity index (χ0n) is 21.9. The molecule has 38 heavy (non-hydrogen) atoms. The molecule has 1 aliphatic rings. The van der Waals surface area contributed by atoms with Gasteiger partial charge in [0.1, 0.15) is 6.04 Å². The van der Waals surface area contributed by atoms with Gasteiger partial charge in [0.2, 0.25) is 11.8 Å². The number of carbonyl (C=O) groups excluding carboxylic acids is 3. The first-order valence-corrected chi connectivity index (χ1v) is 13.0. The molecule has 1 fully saturated rings. The topological polar surface area (TPSA) is 81.8 Å². The van der Waals surface area contributed by atoms with Crippen LogP contribution >= 0.6 is 11.6 Å². The van der Waals surface area contributed by atoms with E-state index in [4.69, 9.17) is 11.6 Å². The fraction of sp³-hybridized carbons (Fsp3) is 0.300. The molecule has 0 unspecified atom stereocenters. The van der Waals surface area contributed by atoms with Gasteiger partial charge in [0.25, 0.3) is 5.91 Å². The summed E-state index contributed by atoms with van der Waals surface area (Å²) in [5.41, 5.74) is 2.92. The Kier molecular flexibility index (Phi) is 8.81. The lowest BCUT2D eigenvalue weighted by Crippen LogP contribution is -2.47. The molecule has 7 nitrogen and oxygen atoms in total. The lowest BCUT2D eigenvalue weighted by Gasteiger charge is -2.22. The highest BCUT2D eigenvalue weighted by Crippen LogP contribution is 2.33. The van der Waals surface area contributed by atoms with Crippen LogP contribution in [0.3, 0.4) is 0 Å². The molecule has 0 bridgehead atoms. The van der Waals surface area contributed by atoms with Crippen LogP contribution in [0.5, 0.6) is 0 Å². The van der Waals surface area contributed by atoms with Gasteiger partial charge in [0.05, 0.1) is 5.92 Å². The zero-order chi connectivity index (χ0) is 27.2. The lowest BCUT2D eigenvalue weighted by molar-refractivity contribution is -0.130. The molecule has 0 radical (unpaired) electrons. The van der Waals surface area contributed by atoms with E-state index in [1.54, 1.807) is 38.4 Å². The monoisotopic (exact) mass is 532 g/mol. The Morgan fingerprint density at radius 2 is 1.68 bits per heavy atom. The van der Waals surface area contributed by atoms with Crippen LogP contribution in [0.2, 0.25) is 5.02 Å². The molecule has 2 N–H and O–H groups in total. The minimum Gasteiger partial charge on any atom is -0.347 e. The van der Waals surface area contributed by atoms with Crippen LogP contribution < -0.4 is 10.6 Å². The predicted octanol–water partition coefficient (Wildman–Crippen LogP) is 4.05. The Bertz CT molecular complexity index is 1280.